The van der Waals surface area contributed by atoms with Crippen molar-refractivity contribution in [1.29, 1.82) is 0 Å². The van der Waals surface area contributed by atoms with Gasteiger partial charge in [0, 0.05) is 17.3 Å². The summed E-state index contributed by atoms with van der Waals surface area (Å²) < 4.78 is 10.7. The average molecular weight is 357 g/mol. The molecule has 1 N–H and O–H groups in total. The highest BCUT2D eigenvalue weighted by Gasteiger charge is 2.23. The van der Waals surface area contributed by atoms with Crippen LogP contribution in [0.1, 0.15) is 23.0 Å². The van der Waals surface area contributed by atoms with E-state index in [1.807, 2.05) is 31.2 Å². The Labute approximate surface area is 150 Å². The second-order valence-corrected chi connectivity index (χ2v) is 5.76. The lowest BCUT2D eigenvalue weighted by Gasteiger charge is -2.08. The van der Waals surface area contributed by atoms with E-state index in [-0.39, 0.29) is 5.91 Å². The van der Waals surface area contributed by atoms with Crippen LogP contribution in [-0.4, -0.2) is 17.7 Å². The van der Waals surface area contributed by atoms with Gasteiger partial charge < -0.3 is 14.6 Å². The number of ether oxygens (including phenoxy) is 1. The fraction of sp³-hybridized carbons (Fsp3) is 0.158. The Balaban J connectivity index is 1.92. The van der Waals surface area contributed by atoms with Crippen molar-refractivity contribution in [2.24, 2.45) is 0 Å². The number of carbonyl (C=O) groups is 1. The molecule has 0 aliphatic heterocycles. The van der Waals surface area contributed by atoms with Gasteiger partial charge in [0.2, 0.25) is 0 Å². The number of carbonyl (C=O) groups excluding carboxylic acids is 1. The first-order chi connectivity index (χ1) is 12.1. The summed E-state index contributed by atoms with van der Waals surface area (Å²) in [7, 11) is 0. The lowest BCUT2D eigenvalue weighted by molar-refractivity contribution is 0.102. The highest BCUT2D eigenvalue weighted by Crippen LogP contribution is 2.31. The van der Waals surface area contributed by atoms with Gasteiger partial charge in [0.05, 0.1) is 11.6 Å². The zero-order chi connectivity index (χ0) is 17.8. The Bertz CT molecular complexity index is 905. The smallest absolute Gasteiger partial charge is 0.261 e. The molecule has 1 heterocycles. The Hall–Kier alpha value is -2.79. The number of aryl methyl sites for hydroxylation is 1. The summed E-state index contributed by atoms with van der Waals surface area (Å²) in [6.45, 7) is 4.15. The fourth-order valence-electron chi connectivity index (χ4n) is 2.50. The van der Waals surface area contributed by atoms with E-state index in [2.05, 4.69) is 10.5 Å². The molecule has 0 atom stereocenters. The van der Waals surface area contributed by atoms with E-state index < -0.39 is 0 Å². The van der Waals surface area contributed by atoms with Gasteiger partial charge in [0.25, 0.3) is 5.91 Å². The predicted molar refractivity (Wildman–Crippen MR) is 97.3 cm³/mol. The molecule has 0 unspecified atom stereocenters. The summed E-state index contributed by atoms with van der Waals surface area (Å²) >= 11 is 6.23. The minimum atomic E-state index is -0.317. The topological polar surface area (TPSA) is 64.4 Å². The van der Waals surface area contributed by atoms with E-state index in [0.29, 0.717) is 45.6 Å². The molecule has 3 aromatic rings. The monoisotopic (exact) mass is 356 g/mol. The third kappa shape index (κ3) is 3.67. The molecule has 1 aromatic heterocycles. The quantitative estimate of drug-likeness (QED) is 0.702. The third-order valence-electron chi connectivity index (χ3n) is 3.62. The number of benzene rings is 2. The summed E-state index contributed by atoms with van der Waals surface area (Å²) in [6, 6.07) is 14.4. The summed E-state index contributed by atoms with van der Waals surface area (Å²) in [5, 5.41) is 7.37. The second kappa shape index (κ2) is 7.40. The maximum Gasteiger partial charge on any atom is 0.261 e. The van der Waals surface area contributed by atoms with Crippen LogP contribution in [-0.2, 0) is 0 Å². The SMILES string of the molecule is CCOc1cccc(NC(=O)c2c(-c3ccccc3Cl)noc2C)c1. The number of rotatable bonds is 5. The minimum Gasteiger partial charge on any atom is -0.494 e. The van der Waals surface area contributed by atoms with E-state index in [9.17, 15) is 4.79 Å². The molecule has 0 bridgehead atoms. The summed E-state index contributed by atoms with van der Waals surface area (Å²) in [5.74, 6) is 0.796. The van der Waals surface area contributed by atoms with Crippen molar-refractivity contribution in [2.45, 2.75) is 13.8 Å². The highest BCUT2D eigenvalue weighted by atomic mass is 35.5. The molecule has 0 spiro atoms. The first-order valence-electron chi connectivity index (χ1n) is 7.85. The number of aromatic nitrogens is 1. The van der Waals surface area contributed by atoms with Crippen LogP contribution in [0.25, 0.3) is 11.3 Å². The number of nitrogens with zero attached hydrogens (tertiary/aromatic N) is 1. The normalized spacial score (nSPS) is 10.5. The number of hydrogen-bond donors (Lipinski definition) is 1. The first-order valence-corrected chi connectivity index (χ1v) is 8.23. The number of anilines is 1. The number of amides is 1. The molecule has 3 rings (SSSR count). The largest absolute Gasteiger partial charge is 0.494 e. The number of hydrogen-bond acceptors (Lipinski definition) is 4. The molecule has 6 heteroatoms. The highest BCUT2D eigenvalue weighted by molar-refractivity contribution is 6.33. The van der Waals surface area contributed by atoms with Crippen molar-refractivity contribution in [3.63, 3.8) is 0 Å². The van der Waals surface area contributed by atoms with E-state index in [1.54, 1.807) is 31.2 Å². The van der Waals surface area contributed by atoms with Crippen molar-refractivity contribution in [3.8, 4) is 17.0 Å². The lowest BCUT2D eigenvalue weighted by atomic mass is 10.1. The molecule has 5 nitrogen and oxygen atoms in total. The third-order valence-corrected chi connectivity index (χ3v) is 3.95. The summed E-state index contributed by atoms with van der Waals surface area (Å²) in [6.07, 6.45) is 0. The van der Waals surface area contributed by atoms with Crippen LogP contribution < -0.4 is 10.1 Å². The molecule has 0 saturated heterocycles. The fourth-order valence-corrected chi connectivity index (χ4v) is 2.73. The van der Waals surface area contributed by atoms with Gasteiger partial charge in [-0.05, 0) is 32.0 Å². The Kier molecular flexibility index (Phi) is 5.05. The van der Waals surface area contributed by atoms with Gasteiger partial charge in [-0.1, -0.05) is 41.0 Å². The maximum atomic E-state index is 12.8. The van der Waals surface area contributed by atoms with Crippen LogP contribution in [0.4, 0.5) is 5.69 Å². The Morgan fingerprint density at radius 2 is 2.04 bits per heavy atom. The standard InChI is InChI=1S/C19H17ClN2O3/c1-3-24-14-8-6-7-13(11-14)21-19(23)17-12(2)25-22-18(17)15-9-4-5-10-16(15)20/h4-11H,3H2,1-2H3,(H,21,23). The van der Waals surface area contributed by atoms with Crippen LogP contribution in [0, 0.1) is 6.92 Å². The van der Waals surface area contributed by atoms with Crippen LogP contribution >= 0.6 is 11.6 Å². The van der Waals surface area contributed by atoms with Crippen molar-refractivity contribution >= 4 is 23.2 Å². The Morgan fingerprint density at radius 3 is 2.80 bits per heavy atom. The molecule has 0 fully saturated rings. The maximum absolute atomic E-state index is 12.8. The van der Waals surface area contributed by atoms with Crippen molar-refractivity contribution in [2.75, 3.05) is 11.9 Å². The molecule has 2 aromatic carbocycles. The molecule has 0 saturated carbocycles. The van der Waals surface area contributed by atoms with Gasteiger partial charge in [-0.15, -0.1) is 0 Å². The minimum absolute atomic E-state index is 0.317. The first kappa shape index (κ1) is 17.0. The van der Waals surface area contributed by atoms with Gasteiger partial charge in [-0.3, -0.25) is 4.79 Å². The molecule has 0 radical (unpaired) electrons. The molecule has 25 heavy (non-hydrogen) atoms. The molecular weight excluding hydrogens is 340 g/mol. The molecular formula is C19H17ClN2O3. The molecule has 128 valence electrons. The Morgan fingerprint density at radius 1 is 1.24 bits per heavy atom. The van der Waals surface area contributed by atoms with E-state index in [1.165, 1.54) is 0 Å². The average Bonchev–Trinajstić information content (AvgIpc) is 2.97. The molecule has 0 aliphatic rings. The van der Waals surface area contributed by atoms with Crippen LogP contribution in [0.5, 0.6) is 5.75 Å². The van der Waals surface area contributed by atoms with Crippen LogP contribution in [0.2, 0.25) is 5.02 Å². The summed E-state index contributed by atoms with van der Waals surface area (Å²) in [5.41, 5.74) is 2.05. The van der Waals surface area contributed by atoms with Gasteiger partial charge in [-0.25, -0.2) is 0 Å². The van der Waals surface area contributed by atoms with E-state index in [4.69, 9.17) is 20.9 Å². The van der Waals surface area contributed by atoms with Crippen molar-refractivity contribution < 1.29 is 14.1 Å². The van der Waals surface area contributed by atoms with Crippen molar-refractivity contribution in [1.82, 2.24) is 5.16 Å². The van der Waals surface area contributed by atoms with Crippen molar-refractivity contribution in [3.05, 3.63) is 64.9 Å². The van der Waals surface area contributed by atoms with Gasteiger partial charge in [0.1, 0.15) is 22.8 Å². The van der Waals surface area contributed by atoms with Crippen LogP contribution in [0.3, 0.4) is 0 Å². The predicted octanol–water partition coefficient (Wildman–Crippen LogP) is 4.95. The zero-order valence-corrected chi connectivity index (χ0v) is 14.6. The van der Waals surface area contributed by atoms with Gasteiger partial charge in [0.15, 0.2) is 0 Å². The summed E-state index contributed by atoms with van der Waals surface area (Å²) in [4.78, 5) is 12.8. The zero-order valence-electron chi connectivity index (χ0n) is 13.9. The van der Waals surface area contributed by atoms with Gasteiger partial charge >= 0.3 is 0 Å². The number of nitrogens with one attached hydrogen (secondary N) is 1. The van der Waals surface area contributed by atoms with Crippen LogP contribution in [0.15, 0.2) is 53.1 Å². The van der Waals surface area contributed by atoms with E-state index >= 15 is 0 Å². The molecule has 0 aliphatic carbocycles. The van der Waals surface area contributed by atoms with Gasteiger partial charge in [-0.2, -0.15) is 0 Å². The molecule has 1 amide bonds. The number of halogens is 1. The van der Waals surface area contributed by atoms with E-state index in [0.717, 1.165) is 0 Å². The lowest BCUT2D eigenvalue weighted by Crippen LogP contribution is -2.13. The second-order valence-electron chi connectivity index (χ2n) is 5.36.